The Morgan fingerprint density at radius 2 is 2.07 bits per heavy atom. The number of fused-ring (bicyclic) bond motifs is 1. The standard InChI is InChI=1S/C21H23N3O3/c1-14-8-9-19(22-12-14)23-20(25)16-6-4-10-24(13-16)21(26)18-11-15-5-2-3-7-17(15)27-18/h2-3,5,7-9,12,16,18H,4,6,10-11,13H2,1H3,(H,22,23,25)/t16-,18-/m0/s1. The van der Waals surface area contributed by atoms with Gasteiger partial charge in [-0.05, 0) is 43.0 Å². The molecule has 0 aliphatic carbocycles. The van der Waals surface area contributed by atoms with Crippen LogP contribution in [0.5, 0.6) is 5.75 Å². The third kappa shape index (κ3) is 3.79. The highest BCUT2D eigenvalue weighted by molar-refractivity contribution is 5.92. The van der Waals surface area contributed by atoms with Gasteiger partial charge in [0.15, 0.2) is 6.10 Å². The van der Waals surface area contributed by atoms with Crippen LogP contribution in [0.1, 0.15) is 24.0 Å². The smallest absolute Gasteiger partial charge is 0.264 e. The zero-order valence-corrected chi connectivity index (χ0v) is 15.4. The van der Waals surface area contributed by atoms with Gasteiger partial charge in [-0.2, -0.15) is 0 Å². The number of nitrogens with one attached hydrogen (secondary N) is 1. The van der Waals surface area contributed by atoms with Crippen LogP contribution in [0.4, 0.5) is 5.82 Å². The number of anilines is 1. The normalized spacial score (nSPS) is 21.3. The quantitative estimate of drug-likeness (QED) is 0.907. The largest absolute Gasteiger partial charge is 0.480 e. The molecule has 0 saturated carbocycles. The lowest BCUT2D eigenvalue weighted by Gasteiger charge is -2.33. The van der Waals surface area contributed by atoms with Crippen LogP contribution >= 0.6 is 0 Å². The molecule has 0 radical (unpaired) electrons. The van der Waals surface area contributed by atoms with Gasteiger partial charge in [0.2, 0.25) is 5.91 Å². The van der Waals surface area contributed by atoms with E-state index in [4.69, 9.17) is 4.74 Å². The molecule has 2 amide bonds. The molecule has 3 heterocycles. The lowest BCUT2D eigenvalue weighted by Crippen LogP contribution is -2.48. The van der Waals surface area contributed by atoms with Crippen molar-refractivity contribution in [3.63, 3.8) is 0 Å². The number of ether oxygens (including phenoxy) is 1. The third-order valence-corrected chi connectivity index (χ3v) is 5.19. The number of pyridine rings is 1. The topological polar surface area (TPSA) is 71.5 Å². The second-order valence-corrected chi connectivity index (χ2v) is 7.25. The summed E-state index contributed by atoms with van der Waals surface area (Å²) in [6.45, 7) is 3.04. The molecule has 2 atom stereocenters. The van der Waals surface area contributed by atoms with E-state index in [1.165, 1.54) is 0 Å². The molecule has 0 unspecified atom stereocenters. The Kier molecular flexibility index (Phi) is 4.79. The second kappa shape index (κ2) is 7.39. The monoisotopic (exact) mass is 365 g/mol. The van der Waals surface area contributed by atoms with Crippen molar-refractivity contribution in [2.75, 3.05) is 18.4 Å². The van der Waals surface area contributed by atoms with Crippen LogP contribution in [0.2, 0.25) is 0 Å². The predicted molar refractivity (Wildman–Crippen MR) is 101 cm³/mol. The summed E-state index contributed by atoms with van der Waals surface area (Å²) in [6.07, 6.45) is 3.41. The van der Waals surface area contributed by atoms with Gasteiger partial charge in [0.1, 0.15) is 11.6 Å². The van der Waals surface area contributed by atoms with Gasteiger partial charge in [-0.15, -0.1) is 0 Å². The molecule has 0 bridgehead atoms. The summed E-state index contributed by atoms with van der Waals surface area (Å²) >= 11 is 0. The summed E-state index contributed by atoms with van der Waals surface area (Å²) in [5.41, 5.74) is 2.10. The van der Waals surface area contributed by atoms with Crippen LogP contribution in [-0.2, 0) is 16.0 Å². The molecule has 1 saturated heterocycles. The van der Waals surface area contributed by atoms with E-state index in [1.54, 1.807) is 17.2 Å². The van der Waals surface area contributed by atoms with Crippen molar-refractivity contribution >= 4 is 17.6 Å². The summed E-state index contributed by atoms with van der Waals surface area (Å²) in [4.78, 5) is 31.5. The number of benzene rings is 1. The zero-order valence-electron chi connectivity index (χ0n) is 15.4. The summed E-state index contributed by atoms with van der Waals surface area (Å²) in [5.74, 6) is 0.988. The van der Waals surface area contributed by atoms with E-state index in [-0.39, 0.29) is 17.7 Å². The average Bonchev–Trinajstić information content (AvgIpc) is 3.13. The molecule has 4 rings (SSSR count). The van der Waals surface area contributed by atoms with Gasteiger partial charge >= 0.3 is 0 Å². The number of amides is 2. The number of rotatable bonds is 3. The highest BCUT2D eigenvalue weighted by Crippen LogP contribution is 2.30. The number of para-hydroxylation sites is 1. The van der Waals surface area contributed by atoms with Gasteiger partial charge in [0.25, 0.3) is 5.91 Å². The Bertz CT molecular complexity index is 825. The minimum Gasteiger partial charge on any atom is -0.480 e. The van der Waals surface area contributed by atoms with Crippen LogP contribution in [0.15, 0.2) is 42.6 Å². The van der Waals surface area contributed by atoms with Crippen molar-refractivity contribution in [3.8, 4) is 5.75 Å². The van der Waals surface area contributed by atoms with E-state index >= 15 is 0 Å². The minimum atomic E-state index is -0.483. The number of aryl methyl sites for hydroxylation is 1. The van der Waals surface area contributed by atoms with Crippen LogP contribution in [0.3, 0.4) is 0 Å². The Hall–Kier alpha value is -2.89. The molecule has 6 nitrogen and oxygen atoms in total. The van der Waals surface area contributed by atoms with Gasteiger partial charge in [0.05, 0.1) is 5.92 Å². The van der Waals surface area contributed by atoms with Crippen LogP contribution in [0, 0.1) is 12.8 Å². The van der Waals surface area contributed by atoms with Crippen molar-refractivity contribution in [1.29, 1.82) is 0 Å². The van der Waals surface area contributed by atoms with E-state index in [0.29, 0.717) is 25.3 Å². The fourth-order valence-electron chi connectivity index (χ4n) is 3.68. The Balaban J connectivity index is 1.37. The number of carbonyl (C=O) groups excluding carboxylic acids is 2. The first-order valence-corrected chi connectivity index (χ1v) is 9.37. The molecular weight excluding hydrogens is 342 g/mol. The van der Waals surface area contributed by atoms with Gasteiger partial charge in [-0.1, -0.05) is 24.3 Å². The fraction of sp³-hybridized carbons (Fsp3) is 0.381. The first kappa shape index (κ1) is 17.5. The number of hydrogen-bond acceptors (Lipinski definition) is 4. The molecule has 0 spiro atoms. The van der Waals surface area contributed by atoms with Crippen molar-refractivity contribution in [2.45, 2.75) is 32.3 Å². The average molecular weight is 365 g/mol. The number of likely N-dealkylation sites (tertiary alicyclic amines) is 1. The lowest BCUT2D eigenvalue weighted by molar-refractivity contribution is -0.140. The van der Waals surface area contributed by atoms with Gasteiger partial charge in [0, 0.05) is 25.7 Å². The molecule has 1 N–H and O–H groups in total. The summed E-state index contributed by atoms with van der Waals surface area (Å²) in [7, 11) is 0. The maximum Gasteiger partial charge on any atom is 0.264 e. The molecular formula is C21H23N3O3. The van der Waals surface area contributed by atoms with Gasteiger partial charge < -0.3 is 15.0 Å². The Morgan fingerprint density at radius 1 is 1.22 bits per heavy atom. The molecule has 1 aromatic heterocycles. The molecule has 27 heavy (non-hydrogen) atoms. The Labute approximate surface area is 158 Å². The number of piperidine rings is 1. The summed E-state index contributed by atoms with van der Waals surface area (Å²) in [5, 5.41) is 2.86. The SMILES string of the molecule is Cc1ccc(NC(=O)[C@H]2CCCN(C(=O)[C@@H]3Cc4ccccc4O3)C2)nc1. The lowest BCUT2D eigenvalue weighted by atomic mass is 9.96. The highest BCUT2D eigenvalue weighted by Gasteiger charge is 2.35. The number of hydrogen-bond donors (Lipinski definition) is 1. The molecule has 140 valence electrons. The second-order valence-electron chi connectivity index (χ2n) is 7.25. The third-order valence-electron chi connectivity index (χ3n) is 5.19. The van der Waals surface area contributed by atoms with E-state index in [2.05, 4.69) is 10.3 Å². The van der Waals surface area contributed by atoms with Crippen molar-refractivity contribution in [3.05, 3.63) is 53.7 Å². The maximum absolute atomic E-state index is 12.9. The molecule has 2 aromatic rings. The minimum absolute atomic E-state index is 0.0304. The number of nitrogens with zero attached hydrogens (tertiary/aromatic N) is 2. The molecule has 2 aliphatic rings. The van der Waals surface area contributed by atoms with Crippen molar-refractivity contribution in [2.24, 2.45) is 5.92 Å². The molecule has 2 aliphatic heterocycles. The maximum atomic E-state index is 12.9. The highest BCUT2D eigenvalue weighted by atomic mass is 16.5. The fourth-order valence-corrected chi connectivity index (χ4v) is 3.68. The van der Waals surface area contributed by atoms with Gasteiger partial charge in [-0.25, -0.2) is 4.98 Å². The number of aromatic nitrogens is 1. The molecule has 6 heteroatoms. The van der Waals surface area contributed by atoms with Crippen molar-refractivity contribution in [1.82, 2.24) is 9.88 Å². The van der Waals surface area contributed by atoms with E-state index in [9.17, 15) is 9.59 Å². The van der Waals surface area contributed by atoms with Gasteiger partial charge in [-0.3, -0.25) is 9.59 Å². The first-order chi connectivity index (χ1) is 13.1. The first-order valence-electron chi connectivity index (χ1n) is 9.37. The van der Waals surface area contributed by atoms with Crippen molar-refractivity contribution < 1.29 is 14.3 Å². The summed E-state index contributed by atoms with van der Waals surface area (Å²) in [6, 6.07) is 11.5. The van der Waals surface area contributed by atoms with Crippen LogP contribution in [-0.4, -0.2) is 40.9 Å². The molecule has 1 fully saturated rings. The Morgan fingerprint density at radius 3 is 2.85 bits per heavy atom. The zero-order chi connectivity index (χ0) is 18.8. The van der Waals surface area contributed by atoms with Crippen LogP contribution < -0.4 is 10.1 Å². The predicted octanol–water partition coefficient (Wildman–Crippen LogP) is 2.57. The van der Waals surface area contributed by atoms with E-state index in [1.807, 2.05) is 37.3 Å². The van der Waals surface area contributed by atoms with Crippen LogP contribution in [0.25, 0.3) is 0 Å². The summed E-state index contributed by atoms with van der Waals surface area (Å²) < 4.78 is 5.82. The van der Waals surface area contributed by atoms with E-state index in [0.717, 1.165) is 29.7 Å². The molecule has 1 aromatic carbocycles. The van der Waals surface area contributed by atoms with E-state index < -0.39 is 6.10 Å². The number of carbonyl (C=O) groups is 2.